The third-order valence-electron chi connectivity index (χ3n) is 3.41. The molecule has 3 aromatic rings. The Morgan fingerprint density at radius 3 is 2.64 bits per heavy atom. The van der Waals surface area contributed by atoms with Gasteiger partial charge in [-0.3, -0.25) is 20.4 Å². The quantitative estimate of drug-likeness (QED) is 0.572. The number of aromatic nitrogens is 2. The maximum absolute atomic E-state index is 12.8. The Hall–Kier alpha value is -3.47. The Morgan fingerprint density at radius 1 is 1.18 bits per heavy atom. The van der Waals surface area contributed by atoms with Crippen LogP contribution in [0.1, 0.15) is 6.42 Å². The molecule has 0 aliphatic carbocycles. The smallest absolute Gasteiger partial charge is 0.437 e. The van der Waals surface area contributed by atoms with Crippen molar-refractivity contribution in [3.63, 3.8) is 0 Å². The lowest BCUT2D eigenvalue weighted by Crippen LogP contribution is -2.44. The fourth-order valence-electron chi connectivity index (χ4n) is 2.07. The van der Waals surface area contributed by atoms with E-state index in [1.807, 2.05) is 5.38 Å². The molecule has 0 aliphatic rings. The van der Waals surface area contributed by atoms with Crippen molar-refractivity contribution in [1.29, 1.82) is 0 Å². The fraction of sp³-hybridized carbons (Fsp3) is 0.176. The van der Waals surface area contributed by atoms with Crippen molar-refractivity contribution in [3.8, 4) is 16.5 Å². The second kappa shape index (κ2) is 8.95. The zero-order valence-corrected chi connectivity index (χ0v) is 15.2. The molecule has 0 radical (unpaired) electrons. The maximum Gasteiger partial charge on any atom is 0.437 e. The zero-order valence-electron chi connectivity index (χ0n) is 14.4. The fourth-order valence-corrected chi connectivity index (χ4v) is 2.72. The van der Waals surface area contributed by atoms with Crippen molar-refractivity contribution in [2.24, 2.45) is 0 Å². The molecule has 11 heteroatoms. The number of carbonyl (C=O) groups is 2. The summed E-state index contributed by atoms with van der Waals surface area (Å²) in [5.74, 6) is -1.72. The van der Waals surface area contributed by atoms with Crippen molar-refractivity contribution in [2.45, 2.75) is 13.0 Å². The van der Waals surface area contributed by atoms with E-state index in [1.54, 1.807) is 12.1 Å². The van der Waals surface area contributed by atoms with Crippen molar-refractivity contribution in [3.05, 3.63) is 58.1 Å². The molecular formula is C17H15FN4O5S. The summed E-state index contributed by atoms with van der Waals surface area (Å²) in [7, 11) is 0. The molecule has 0 atom stereocenters. The third kappa shape index (κ3) is 5.27. The number of aryl methyl sites for hydroxylation is 1. The zero-order chi connectivity index (χ0) is 19.9. The van der Waals surface area contributed by atoms with Gasteiger partial charge in [0, 0.05) is 6.42 Å². The van der Waals surface area contributed by atoms with Gasteiger partial charge >= 0.3 is 5.76 Å². The predicted octanol–water partition coefficient (Wildman–Crippen LogP) is 1.32. The van der Waals surface area contributed by atoms with E-state index in [0.717, 1.165) is 4.68 Å². The number of thiophene rings is 1. The van der Waals surface area contributed by atoms with Crippen LogP contribution < -0.4 is 21.3 Å². The van der Waals surface area contributed by atoms with Gasteiger partial charge in [-0.1, -0.05) is 6.07 Å². The molecule has 28 heavy (non-hydrogen) atoms. The molecule has 0 fully saturated rings. The molecule has 0 bridgehead atoms. The lowest BCUT2D eigenvalue weighted by atomic mass is 10.3. The number of amides is 2. The van der Waals surface area contributed by atoms with Gasteiger partial charge < -0.3 is 9.15 Å². The van der Waals surface area contributed by atoms with Gasteiger partial charge in [0.25, 0.3) is 11.8 Å². The van der Waals surface area contributed by atoms with Crippen LogP contribution in [0.4, 0.5) is 4.39 Å². The number of benzene rings is 1. The largest absolute Gasteiger partial charge is 0.484 e. The van der Waals surface area contributed by atoms with Crippen LogP contribution in [-0.2, 0) is 16.1 Å². The highest BCUT2D eigenvalue weighted by Gasteiger charge is 2.12. The van der Waals surface area contributed by atoms with Crippen LogP contribution in [0, 0.1) is 5.82 Å². The van der Waals surface area contributed by atoms with Gasteiger partial charge in [-0.05, 0) is 35.7 Å². The summed E-state index contributed by atoms with van der Waals surface area (Å²) >= 11 is 1.37. The lowest BCUT2D eigenvalue weighted by molar-refractivity contribution is -0.130. The summed E-state index contributed by atoms with van der Waals surface area (Å²) in [6.45, 7) is -0.375. The van der Waals surface area contributed by atoms with Crippen molar-refractivity contribution >= 4 is 23.2 Å². The molecule has 2 amide bonds. The summed E-state index contributed by atoms with van der Waals surface area (Å²) in [4.78, 5) is 35.9. The predicted molar refractivity (Wildman–Crippen MR) is 96.9 cm³/mol. The molecule has 0 spiro atoms. The molecule has 0 saturated carbocycles. The van der Waals surface area contributed by atoms with E-state index < -0.39 is 23.4 Å². The molecule has 2 aromatic heterocycles. The molecule has 1 aromatic carbocycles. The highest BCUT2D eigenvalue weighted by atomic mass is 32.1. The number of hydrazine groups is 1. The van der Waals surface area contributed by atoms with Crippen LogP contribution in [0.2, 0.25) is 0 Å². The monoisotopic (exact) mass is 406 g/mol. The van der Waals surface area contributed by atoms with Crippen LogP contribution >= 0.6 is 11.3 Å². The minimum absolute atomic E-state index is 0.0124. The summed E-state index contributed by atoms with van der Waals surface area (Å²) in [6, 6.07) is 8.71. The first-order valence-electron chi connectivity index (χ1n) is 8.09. The Bertz CT molecular complexity index is 997. The van der Waals surface area contributed by atoms with E-state index in [1.165, 1.54) is 35.6 Å². The van der Waals surface area contributed by atoms with Crippen LogP contribution in [0.5, 0.6) is 5.75 Å². The minimum atomic E-state index is -0.673. The number of hydrogen-bond donors (Lipinski definition) is 2. The lowest BCUT2D eigenvalue weighted by Gasteiger charge is -2.08. The van der Waals surface area contributed by atoms with Gasteiger partial charge in [0.05, 0.1) is 11.4 Å². The maximum atomic E-state index is 12.8. The second-order valence-corrected chi connectivity index (χ2v) is 6.41. The topological polar surface area (TPSA) is 115 Å². The van der Waals surface area contributed by atoms with Gasteiger partial charge in [-0.15, -0.1) is 16.4 Å². The Balaban J connectivity index is 1.40. The van der Waals surface area contributed by atoms with Crippen LogP contribution in [0.25, 0.3) is 10.8 Å². The van der Waals surface area contributed by atoms with Crippen molar-refractivity contribution in [2.75, 3.05) is 6.61 Å². The Labute approximate surface area is 161 Å². The van der Waals surface area contributed by atoms with Crippen molar-refractivity contribution < 1.29 is 23.1 Å². The molecular weight excluding hydrogens is 391 g/mol. The summed E-state index contributed by atoms with van der Waals surface area (Å²) in [5.41, 5.74) is 4.38. The third-order valence-corrected chi connectivity index (χ3v) is 4.27. The average Bonchev–Trinajstić information content (AvgIpc) is 3.34. The van der Waals surface area contributed by atoms with E-state index in [2.05, 4.69) is 16.0 Å². The van der Waals surface area contributed by atoms with Crippen LogP contribution in [0.3, 0.4) is 0 Å². The number of rotatable bonds is 7. The first kappa shape index (κ1) is 19.3. The standard InChI is InChI=1S/C17H15FN4O5S/c18-11-3-5-12(6-4-11)26-10-15(24)20-19-14(23)7-8-22-17(25)27-16(21-22)13-2-1-9-28-13/h1-6,9H,7-8,10H2,(H,19,23)(H,20,24). The van der Waals surface area contributed by atoms with E-state index in [0.29, 0.717) is 10.6 Å². The molecule has 2 N–H and O–H groups in total. The molecule has 9 nitrogen and oxygen atoms in total. The molecule has 0 unspecified atom stereocenters. The van der Waals surface area contributed by atoms with Gasteiger partial charge in [0.15, 0.2) is 6.61 Å². The number of halogens is 1. The van der Waals surface area contributed by atoms with Gasteiger partial charge in [0.2, 0.25) is 5.91 Å². The van der Waals surface area contributed by atoms with Gasteiger partial charge in [-0.2, -0.15) is 4.68 Å². The number of nitrogens with one attached hydrogen (secondary N) is 2. The minimum Gasteiger partial charge on any atom is -0.484 e. The highest BCUT2D eigenvalue weighted by molar-refractivity contribution is 7.13. The molecule has 0 saturated heterocycles. The van der Waals surface area contributed by atoms with E-state index in [9.17, 15) is 18.8 Å². The summed E-state index contributed by atoms with van der Waals surface area (Å²) in [5, 5.41) is 5.85. The summed E-state index contributed by atoms with van der Waals surface area (Å²) < 4.78 is 24.0. The highest BCUT2D eigenvalue weighted by Crippen LogP contribution is 2.21. The van der Waals surface area contributed by atoms with Crippen LogP contribution in [0.15, 0.2) is 51.0 Å². The molecule has 3 rings (SSSR count). The number of ether oxygens (including phenoxy) is 1. The number of carbonyl (C=O) groups excluding carboxylic acids is 2. The van der Waals surface area contributed by atoms with E-state index >= 15 is 0 Å². The number of nitrogens with zero attached hydrogens (tertiary/aromatic N) is 2. The molecule has 2 heterocycles. The van der Waals surface area contributed by atoms with Gasteiger partial charge in [0.1, 0.15) is 11.6 Å². The first-order valence-corrected chi connectivity index (χ1v) is 8.97. The second-order valence-electron chi connectivity index (χ2n) is 5.46. The van der Waals surface area contributed by atoms with Crippen molar-refractivity contribution in [1.82, 2.24) is 20.6 Å². The number of hydrogen-bond acceptors (Lipinski definition) is 7. The van der Waals surface area contributed by atoms with Crippen LogP contribution in [-0.4, -0.2) is 28.2 Å². The first-order chi connectivity index (χ1) is 13.5. The Morgan fingerprint density at radius 2 is 1.93 bits per heavy atom. The summed E-state index contributed by atoms with van der Waals surface area (Å²) in [6.07, 6.45) is -0.102. The molecule has 0 aliphatic heterocycles. The Kier molecular flexibility index (Phi) is 6.17. The van der Waals surface area contributed by atoms with E-state index in [4.69, 9.17) is 9.15 Å². The molecule has 146 valence electrons. The van der Waals surface area contributed by atoms with Gasteiger partial charge in [-0.25, -0.2) is 9.18 Å². The van der Waals surface area contributed by atoms with E-state index in [-0.39, 0.29) is 25.5 Å². The SMILES string of the molecule is O=C(CCn1nc(-c2cccs2)oc1=O)NNC(=O)COc1ccc(F)cc1. The average molecular weight is 406 g/mol. The normalized spacial score (nSPS) is 10.5.